The third-order valence-corrected chi connectivity index (χ3v) is 7.36. The first kappa shape index (κ1) is 21.4. The molecule has 0 atom stereocenters. The molecular weight excluding hydrogens is 447 g/mol. The summed E-state index contributed by atoms with van der Waals surface area (Å²) in [5.41, 5.74) is 0.809. The molecule has 160 valence electrons. The summed E-state index contributed by atoms with van der Waals surface area (Å²) >= 11 is 1.25. The number of hydrogen-bond acceptors (Lipinski definition) is 6. The van der Waals surface area contributed by atoms with E-state index < -0.39 is 27.6 Å². The molecule has 0 bridgehead atoms. The van der Waals surface area contributed by atoms with Crippen LogP contribution in [0.15, 0.2) is 46.8 Å². The fourth-order valence-electron chi connectivity index (χ4n) is 3.32. The first-order valence-electron chi connectivity index (χ1n) is 9.14. The second kappa shape index (κ2) is 8.01. The van der Waals surface area contributed by atoms with E-state index in [0.29, 0.717) is 38.6 Å². The molecule has 4 aromatic rings. The predicted octanol–water partition coefficient (Wildman–Crippen LogP) is 5.42. The number of thiazole rings is 1. The second-order valence-electron chi connectivity index (χ2n) is 6.97. The Morgan fingerprint density at radius 2 is 1.87 bits per heavy atom. The Kier molecular flexibility index (Phi) is 5.52. The number of hydrogen-bond donors (Lipinski definition) is 0. The van der Waals surface area contributed by atoms with Crippen LogP contribution in [-0.4, -0.2) is 23.4 Å². The highest BCUT2D eigenvalue weighted by atomic mass is 32.2. The number of fused-ring (bicyclic) bond motifs is 1. The van der Waals surface area contributed by atoms with Gasteiger partial charge in [0.2, 0.25) is 0 Å². The number of sulfone groups is 1. The average molecular weight is 464 g/mol. The van der Waals surface area contributed by atoms with Crippen molar-refractivity contribution < 1.29 is 21.6 Å². The highest BCUT2D eigenvalue weighted by Gasteiger charge is 2.21. The van der Waals surface area contributed by atoms with Gasteiger partial charge in [0.15, 0.2) is 9.84 Å². The molecule has 0 unspecified atom stereocenters. The number of alkyl halides is 2. The first-order chi connectivity index (χ1) is 14.7. The average Bonchev–Trinajstić information content (AvgIpc) is 3.20. The van der Waals surface area contributed by atoms with E-state index in [0.717, 1.165) is 12.1 Å². The van der Waals surface area contributed by atoms with Gasteiger partial charge in [-0.05, 0) is 49.7 Å². The summed E-state index contributed by atoms with van der Waals surface area (Å²) in [6.07, 6.45) is -1.39. The van der Waals surface area contributed by atoms with Crippen LogP contribution < -0.4 is 0 Å². The van der Waals surface area contributed by atoms with Crippen molar-refractivity contribution >= 4 is 32.1 Å². The fraction of sp³-hybridized carbons (Fsp3) is 0.190. The minimum absolute atomic E-state index is 0.0789. The van der Waals surface area contributed by atoms with E-state index in [-0.39, 0.29) is 10.6 Å². The molecule has 0 aliphatic carbocycles. The molecule has 0 radical (unpaired) electrons. The number of rotatable bonds is 5. The van der Waals surface area contributed by atoms with Crippen LogP contribution in [0.1, 0.15) is 28.4 Å². The maximum Gasteiger partial charge on any atom is 0.266 e. The second-order valence-corrected chi connectivity index (χ2v) is 9.94. The van der Waals surface area contributed by atoms with E-state index in [1.165, 1.54) is 23.5 Å². The van der Waals surface area contributed by atoms with Crippen LogP contribution in [0.2, 0.25) is 0 Å². The quantitative estimate of drug-likeness (QED) is 0.395. The van der Waals surface area contributed by atoms with Gasteiger partial charge in [0, 0.05) is 22.5 Å². The molecule has 4 rings (SSSR count). The number of aryl methyl sites for hydroxylation is 2. The highest BCUT2D eigenvalue weighted by Crippen LogP contribution is 2.34. The fourth-order valence-corrected chi connectivity index (χ4v) is 5.59. The van der Waals surface area contributed by atoms with Gasteiger partial charge in [0.05, 0.1) is 21.7 Å². The zero-order chi connectivity index (χ0) is 22.3. The molecule has 2 aromatic carbocycles. The Bertz CT molecular complexity index is 1390. The Morgan fingerprint density at radius 3 is 2.55 bits per heavy atom. The van der Waals surface area contributed by atoms with E-state index in [2.05, 4.69) is 15.0 Å². The van der Waals surface area contributed by atoms with Crippen molar-refractivity contribution in [2.45, 2.75) is 30.9 Å². The van der Waals surface area contributed by atoms with Gasteiger partial charge in [-0.15, -0.1) is 11.3 Å². The van der Waals surface area contributed by atoms with Gasteiger partial charge in [-0.25, -0.2) is 36.5 Å². The Morgan fingerprint density at radius 1 is 1.10 bits per heavy atom. The molecule has 0 saturated heterocycles. The van der Waals surface area contributed by atoms with Crippen molar-refractivity contribution in [2.75, 3.05) is 0 Å². The summed E-state index contributed by atoms with van der Waals surface area (Å²) in [5.74, 6) is -0.913. The summed E-state index contributed by atoms with van der Waals surface area (Å²) in [7, 11) is -3.65. The third-order valence-electron chi connectivity index (χ3n) is 4.77. The minimum Gasteiger partial charge on any atom is -0.249 e. The van der Waals surface area contributed by atoms with Crippen LogP contribution in [0, 0.1) is 19.7 Å². The van der Waals surface area contributed by atoms with E-state index in [9.17, 15) is 21.6 Å². The molecule has 2 aromatic heterocycles. The molecule has 5 nitrogen and oxygen atoms in total. The lowest BCUT2D eigenvalue weighted by Gasteiger charge is -2.13. The summed E-state index contributed by atoms with van der Waals surface area (Å²) in [6.45, 7) is 3.22. The van der Waals surface area contributed by atoms with Crippen LogP contribution in [0.25, 0.3) is 22.2 Å². The predicted molar refractivity (Wildman–Crippen MR) is 112 cm³/mol. The minimum atomic E-state index is -3.65. The van der Waals surface area contributed by atoms with Crippen molar-refractivity contribution in [1.29, 1.82) is 0 Å². The molecule has 0 aliphatic heterocycles. The number of nitrogens with zero attached hydrogens (tertiary/aromatic N) is 3. The molecular formula is C21H16F3N3O2S2. The zero-order valence-corrected chi connectivity index (χ0v) is 18.1. The monoisotopic (exact) mass is 463 g/mol. The van der Waals surface area contributed by atoms with Gasteiger partial charge in [-0.2, -0.15) is 0 Å². The lowest BCUT2D eigenvalue weighted by Crippen LogP contribution is -2.05. The maximum absolute atomic E-state index is 14.3. The highest BCUT2D eigenvalue weighted by molar-refractivity contribution is 7.90. The van der Waals surface area contributed by atoms with E-state index in [1.54, 1.807) is 31.5 Å². The standard InChI is InChI=1S/C21H16F3N3O2S2/c1-11-7-16(21(23)24)17(22)9-15(11)20-14-4-3-13(8-18(14)26-12(2)27-20)31(28,29)10-19-25-5-6-30-19/h3-9,21H,10H2,1-2H3. The van der Waals surface area contributed by atoms with E-state index in [4.69, 9.17) is 0 Å². The molecule has 0 fully saturated rings. The van der Waals surface area contributed by atoms with Crippen molar-refractivity contribution in [1.82, 2.24) is 15.0 Å². The summed E-state index contributed by atoms with van der Waals surface area (Å²) < 4.78 is 65.9. The lowest BCUT2D eigenvalue weighted by molar-refractivity contribution is 0.146. The van der Waals surface area contributed by atoms with Crippen molar-refractivity contribution in [3.05, 3.63) is 69.7 Å². The van der Waals surface area contributed by atoms with E-state index >= 15 is 0 Å². The molecule has 0 spiro atoms. The van der Waals surface area contributed by atoms with Crippen molar-refractivity contribution in [2.24, 2.45) is 0 Å². The van der Waals surface area contributed by atoms with Gasteiger partial charge in [0.25, 0.3) is 6.43 Å². The largest absolute Gasteiger partial charge is 0.266 e. The molecule has 0 saturated carbocycles. The smallest absolute Gasteiger partial charge is 0.249 e. The third kappa shape index (κ3) is 4.17. The van der Waals surface area contributed by atoms with Gasteiger partial charge in [-0.1, -0.05) is 0 Å². The Hall–Kier alpha value is -2.85. The van der Waals surface area contributed by atoms with Gasteiger partial charge in [0.1, 0.15) is 22.4 Å². The summed E-state index contributed by atoms with van der Waals surface area (Å²) in [6, 6.07) is 6.57. The summed E-state index contributed by atoms with van der Waals surface area (Å²) in [5, 5.41) is 2.67. The van der Waals surface area contributed by atoms with Crippen molar-refractivity contribution in [3.63, 3.8) is 0 Å². The van der Waals surface area contributed by atoms with E-state index in [1.807, 2.05) is 0 Å². The van der Waals surface area contributed by atoms with Crippen LogP contribution >= 0.6 is 11.3 Å². The number of halogens is 3. The molecule has 2 heterocycles. The Balaban J connectivity index is 1.85. The maximum atomic E-state index is 14.3. The number of benzene rings is 2. The molecule has 0 N–H and O–H groups in total. The molecule has 10 heteroatoms. The molecule has 0 aliphatic rings. The van der Waals surface area contributed by atoms with Crippen LogP contribution in [0.3, 0.4) is 0 Å². The SMILES string of the molecule is Cc1nc(-c2cc(F)c(C(F)F)cc2C)c2ccc(S(=O)(=O)Cc3nccs3)cc2n1. The van der Waals surface area contributed by atoms with Crippen LogP contribution in [0.4, 0.5) is 13.2 Å². The summed E-state index contributed by atoms with van der Waals surface area (Å²) in [4.78, 5) is 12.8. The van der Waals surface area contributed by atoms with Crippen LogP contribution in [-0.2, 0) is 15.6 Å². The van der Waals surface area contributed by atoms with Gasteiger partial charge in [-0.3, -0.25) is 0 Å². The van der Waals surface area contributed by atoms with Gasteiger partial charge < -0.3 is 0 Å². The number of aromatic nitrogens is 3. The topological polar surface area (TPSA) is 72.8 Å². The first-order valence-corrected chi connectivity index (χ1v) is 11.7. The van der Waals surface area contributed by atoms with Gasteiger partial charge >= 0.3 is 0 Å². The Labute approximate surface area is 180 Å². The molecule has 0 amide bonds. The molecule has 31 heavy (non-hydrogen) atoms. The normalized spacial score (nSPS) is 12.1. The van der Waals surface area contributed by atoms with Crippen LogP contribution in [0.5, 0.6) is 0 Å². The lowest BCUT2D eigenvalue weighted by atomic mass is 9.99. The van der Waals surface area contributed by atoms with Crippen molar-refractivity contribution in [3.8, 4) is 11.3 Å². The zero-order valence-electron chi connectivity index (χ0n) is 16.4.